The summed E-state index contributed by atoms with van der Waals surface area (Å²) in [4.78, 5) is 2.60. The summed E-state index contributed by atoms with van der Waals surface area (Å²) < 4.78 is 0. The summed E-state index contributed by atoms with van der Waals surface area (Å²) in [6, 6.07) is 1.56. The smallest absolute Gasteiger partial charge is 0.0255 e. The van der Waals surface area contributed by atoms with Crippen molar-refractivity contribution in [1.82, 2.24) is 4.90 Å². The molecule has 1 aliphatic carbocycles. The Hall–Kier alpha value is -0.0800. The van der Waals surface area contributed by atoms with Gasteiger partial charge < -0.3 is 5.73 Å². The SMILES string of the molecule is CCCN(C(C)C)C1CCC(C)(C)C1N. The monoisotopic (exact) mass is 212 g/mol. The summed E-state index contributed by atoms with van der Waals surface area (Å²) in [5.74, 6) is 0. The molecule has 1 rings (SSSR count). The van der Waals surface area contributed by atoms with Crippen molar-refractivity contribution >= 4 is 0 Å². The van der Waals surface area contributed by atoms with E-state index in [0.717, 1.165) is 0 Å². The molecule has 1 aliphatic rings. The summed E-state index contributed by atoms with van der Waals surface area (Å²) in [7, 11) is 0. The highest BCUT2D eigenvalue weighted by atomic mass is 15.2. The van der Waals surface area contributed by atoms with E-state index in [1.54, 1.807) is 0 Å². The summed E-state index contributed by atoms with van der Waals surface area (Å²) in [5, 5.41) is 0. The van der Waals surface area contributed by atoms with E-state index in [2.05, 4.69) is 39.5 Å². The van der Waals surface area contributed by atoms with Crippen LogP contribution in [0.15, 0.2) is 0 Å². The number of nitrogens with two attached hydrogens (primary N) is 1. The minimum absolute atomic E-state index is 0.325. The second kappa shape index (κ2) is 4.84. The predicted octanol–water partition coefficient (Wildman–Crippen LogP) is 2.62. The molecule has 2 nitrogen and oxygen atoms in total. The number of nitrogens with zero attached hydrogens (tertiary/aromatic N) is 1. The first-order valence-electron chi connectivity index (χ1n) is 6.41. The van der Waals surface area contributed by atoms with Crippen LogP contribution in [0.2, 0.25) is 0 Å². The zero-order valence-corrected chi connectivity index (χ0v) is 11.1. The Morgan fingerprint density at radius 2 is 2.00 bits per heavy atom. The van der Waals surface area contributed by atoms with Gasteiger partial charge in [-0.1, -0.05) is 20.8 Å². The van der Waals surface area contributed by atoms with Gasteiger partial charge in [0.25, 0.3) is 0 Å². The average molecular weight is 212 g/mol. The maximum atomic E-state index is 6.38. The second-order valence-electron chi connectivity index (χ2n) is 5.95. The maximum absolute atomic E-state index is 6.38. The Bertz CT molecular complexity index is 199. The average Bonchev–Trinajstić information content (AvgIpc) is 2.39. The molecule has 0 aromatic carbocycles. The van der Waals surface area contributed by atoms with Crippen molar-refractivity contribution < 1.29 is 0 Å². The quantitative estimate of drug-likeness (QED) is 0.776. The molecule has 0 bridgehead atoms. The van der Waals surface area contributed by atoms with Crippen LogP contribution < -0.4 is 5.73 Å². The largest absolute Gasteiger partial charge is 0.326 e. The Morgan fingerprint density at radius 1 is 1.40 bits per heavy atom. The first-order valence-corrected chi connectivity index (χ1v) is 6.41. The molecule has 2 atom stereocenters. The molecule has 1 saturated carbocycles. The van der Waals surface area contributed by atoms with E-state index >= 15 is 0 Å². The predicted molar refractivity (Wildman–Crippen MR) is 66.9 cm³/mol. The van der Waals surface area contributed by atoms with Gasteiger partial charge >= 0.3 is 0 Å². The third kappa shape index (κ3) is 2.73. The van der Waals surface area contributed by atoms with Crippen LogP contribution in [-0.2, 0) is 0 Å². The Kier molecular flexibility index (Phi) is 4.19. The molecule has 0 aliphatic heterocycles. The minimum Gasteiger partial charge on any atom is -0.326 e. The van der Waals surface area contributed by atoms with Crippen LogP contribution in [-0.4, -0.2) is 29.6 Å². The Morgan fingerprint density at radius 3 is 2.33 bits per heavy atom. The van der Waals surface area contributed by atoms with E-state index in [-0.39, 0.29) is 0 Å². The highest BCUT2D eigenvalue weighted by molar-refractivity contribution is 4.99. The van der Waals surface area contributed by atoms with Crippen molar-refractivity contribution in [2.45, 2.75) is 72.0 Å². The molecule has 2 N–H and O–H groups in total. The normalized spacial score (nSPS) is 30.4. The van der Waals surface area contributed by atoms with Gasteiger partial charge in [-0.3, -0.25) is 4.90 Å². The molecule has 0 aromatic rings. The molecule has 0 saturated heterocycles. The van der Waals surface area contributed by atoms with Crippen LogP contribution >= 0.6 is 0 Å². The lowest BCUT2D eigenvalue weighted by molar-refractivity contribution is 0.129. The summed E-state index contributed by atoms with van der Waals surface area (Å²) in [6.07, 6.45) is 3.76. The van der Waals surface area contributed by atoms with Crippen LogP contribution in [0.4, 0.5) is 0 Å². The van der Waals surface area contributed by atoms with Gasteiger partial charge in [0.2, 0.25) is 0 Å². The number of rotatable bonds is 4. The summed E-state index contributed by atoms with van der Waals surface area (Å²) in [5.41, 5.74) is 6.71. The molecule has 0 spiro atoms. The fourth-order valence-electron chi connectivity index (χ4n) is 2.82. The molecular formula is C13H28N2. The van der Waals surface area contributed by atoms with Crippen LogP contribution in [0.5, 0.6) is 0 Å². The molecule has 1 fully saturated rings. The highest BCUT2D eigenvalue weighted by Crippen LogP contribution is 2.39. The van der Waals surface area contributed by atoms with Gasteiger partial charge in [-0.2, -0.15) is 0 Å². The minimum atomic E-state index is 0.325. The van der Waals surface area contributed by atoms with Crippen molar-refractivity contribution in [3.63, 3.8) is 0 Å². The Labute approximate surface area is 95.2 Å². The van der Waals surface area contributed by atoms with E-state index in [1.165, 1.54) is 25.8 Å². The van der Waals surface area contributed by atoms with E-state index < -0.39 is 0 Å². The van der Waals surface area contributed by atoms with Crippen molar-refractivity contribution in [1.29, 1.82) is 0 Å². The van der Waals surface area contributed by atoms with Gasteiger partial charge in [0.15, 0.2) is 0 Å². The fraction of sp³-hybridized carbons (Fsp3) is 1.00. The highest BCUT2D eigenvalue weighted by Gasteiger charge is 2.42. The molecule has 0 aromatic heterocycles. The molecule has 2 unspecified atom stereocenters. The van der Waals surface area contributed by atoms with Crippen LogP contribution in [0.1, 0.15) is 53.9 Å². The lowest BCUT2D eigenvalue weighted by Gasteiger charge is -2.37. The lowest BCUT2D eigenvalue weighted by atomic mass is 9.87. The van der Waals surface area contributed by atoms with Gasteiger partial charge in [-0.05, 0) is 45.1 Å². The van der Waals surface area contributed by atoms with Gasteiger partial charge in [0.05, 0.1) is 0 Å². The van der Waals surface area contributed by atoms with Crippen molar-refractivity contribution in [3.8, 4) is 0 Å². The number of hydrogen-bond donors (Lipinski definition) is 1. The van der Waals surface area contributed by atoms with Crippen molar-refractivity contribution in [2.75, 3.05) is 6.54 Å². The second-order valence-corrected chi connectivity index (χ2v) is 5.95. The van der Waals surface area contributed by atoms with Crippen molar-refractivity contribution in [2.24, 2.45) is 11.1 Å². The zero-order chi connectivity index (χ0) is 11.6. The third-order valence-corrected chi connectivity index (χ3v) is 3.97. The zero-order valence-electron chi connectivity index (χ0n) is 11.1. The lowest BCUT2D eigenvalue weighted by Crippen LogP contribution is -2.51. The van der Waals surface area contributed by atoms with E-state index in [1.807, 2.05) is 0 Å². The molecule has 0 amide bonds. The summed E-state index contributed by atoms with van der Waals surface area (Å²) in [6.45, 7) is 12.6. The van der Waals surface area contributed by atoms with Gasteiger partial charge in [0.1, 0.15) is 0 Å². The molecule has 0 heterocycles. The van der Waals surface area contributed by atoms with Gasteiger partial charge in [0, 0.05) is 18.1 Å². The molecule has 0 radical (unpaired) electrons. The topological polar surface area (TPSA) is 29.3 Å². The molecule has 2 heteroatoms. The molecular weight excluding hydrogens is 184 g/mol. The van der Waals surface area contributed by atoms with Crippen LogP contribution in [0, 0.1) is 5.41 Å². The van der Waals surface area contributed by atoms with E-state index in [4.69, 9.17) is 5.73 Å². The first kappa shape index (κ1) is 13.0. The first-order chi connectivity index (χ1) is 6.90. The van der Waals surface area contributed by atoms with Crippen LogP contribution in [0.3, 0.4) is 0 Å². The third-order valence-electron chi connectivity index (χ3n) is 3.97. The van der Waals surface area contributed by atoms with E-state index in [9.17, 15) is 0 Å². The maximum Gasteiger partial charge on any atom is 0.0255 e. The molecule has 15 heavy (non-hydrogen) atoms. The summed E-state index contributed by atoms with van der Waals surface area (Å²) >= 11 is 0. The molecule has 90 valence electrons. The van der Waals surface area contributed by atoms with Crippen molar-refractivity contribution in [3.05, 3.63) is 0 Å². The fourth-order valence-corrected chi connectivity index (χ4v) is 2.82. The Balaban J connectivity index is 2.70. The van der Waals surface area contributed by atoms with Gasteiger partial charge in [-0.25, -0.2) is 0 Å². The standard InChI is InChI=1S/C13H28N2/c1-6-9-15(10(2)3)11-7-8-13(4,5)12(11)14/h10-12H,6-9,14H2,1-5H3. The van der Waals surface area contributed by atoms with E-state index in [0.29, 0.717) is 23.5 Å². The van der Waals surface area contributed by atoms with Gasteiger partial charge in [-0.15, -0.1) is 0 Å². The van der Waals surface area contributed by atoms with Crippen LogP contribution in [0.25, 0.3) is 0 Å². The number of hydrogen-bond acceptors (Lipinski definition) is 2.